The molecular formula is C28H21F6N5O3. The van der Waals surface area contributed by atoms with Gasteiger partial charge in [0.15, 0.2) is 0 Å². The fourth-order valence-corrected chi connectivity index (χ4v) is 4.61. The predicted molar refractivity (Wildman–Crippen MR) is 139 cm³/mol. The molecule has 4 aromatic rings. The number of halogens is 6. The zero-order valence-corrected chi connectivity index (χ0v) is 21.4. The highest BCUT2D eigenvalue weighted by Crippen LogP contribution is 2.60. The largest absolute Gasteiger partial charge is 0.459 e. The lowest BCUT2D eigenvalue weighted by Crippen LogP contribution is -2.49. The van der Waals surface area contributed by atoms with Gasteiger partial charge in [-0.25, -0.2) is 4.98 Å². The van der Waals surface area contributed by atoms with Gasteiger partial charge in [0.2, 0.25) is 5.91 Å². The van der Waals surface area contributed by atoms with Gasteiger partial charge in [0.1, 0.15) is 22.7 Å². The maximum atomic E-state index is 14.2. The number of anilines is 1. The third-order valence-electron chi connectivity index (χ3n) is 6.80. The molecule has 42 heavy (non-hydrogen) atoms. The van der Waals surface area contributed by atoms with Crippen LogP contribution in [0.15, 0.2) is 71.5 Å². The smallest absolute Gasteiger partial charge is 0.420 e. The normalized spacial score (nSPS) is 18.8. The molecule has 3 heterocycles. The molecule has 1 fully saturated rings. The quantitative estimate of drug-likeness (QED) is 0.197. The summed E-state index contributed by atoms with van der Waals surface area (Å²) in [5, 5.41) is 4.34. The Hall–Kier alpha value is -4.88. The summed E-state index contributed by atoms with van der Waals surface area (Å²) in [5.74, 6) is -2.87. The van der Waals surface area contributed by atoms with Crippen LogP contribution >= 0.6 is 0 Å². The number of carbonyl (C=O) groups excluding carboxylic acids is 2. The number of pyridine rings is 2. The number of benzene rings is 1. The Morgan fingerprint density at radius 2 is 1.88 bits per heavy atom. The van der Waals surface area contributed by atoms with Crippen molar-refractivity contribution in [2.45, 2.75) is 36.8 Å². The fourth-order valence-electron chi connectivity index (χ4n) is 4.61. The molecule has 2 amide bonds. The van der Waals surface area contributed by atoms with Crippen LogP contribution in [0.25, 0.3) is 17.0 Å². The van der Waals surface area contributed by atoms with Crippen LogP contribution in [-0.4, -0.2) is 33.5 Å². The van der Waals surface area contributed by atoms with Crippen LogP contribution in [0, 0.1) is 0 Å². The van der Waals surface area contributed by atoms with Gasteiger partial charge in [-0.3, -0.25) is 14.6 Å². The number of rotatable bonds is 7. The summed E-state index contributed by atoms with van der Waals surface area (Å²) in [6.07, 6.45) is -4.08. The Kier molecular flexibility index (Phi) is 7.16. The lowest BCUT2D eigenvalue weighted by atomic mass is 10.00. The second-order valence-electron chi connectivity index (χ2n) is 9.69. The number of nitrogen functional groups attached to an aromatic ring is 1. The highest BCUT2D eigenvalue weighted by molar-refractivity contribution is 5.95. The van der Waals surface area contributed by atoms with Gasteiger partial charge in [0, 0.05) is 36.0 Å². The van der Waals surface area contributed by atoms with E-state index in [1.54, 1.807) is 6.07 Å². The maximum Gasteiger partial charge on any atom is 0.420 e. The molecule has 0 saturated heterocycles. The summed E-state index contributed by atoms with van der Waals surface area (Å²) >= 11 is 0. The van der Waals surface area contributed by atoms with Crippen molar-refractivity contribution >= 4 is 34.7 Å². The Labute approximate surface area is 233 Å². The first-order chi connectivity index (χ1) is 19.8. The highest BCUT2D eigenvalue weighted by Gasteiger charge is 2.72. The number of nitrogens with zero attached hydrogens (tertiary/aromatic N) is 2. The number of hydrogen-bond donors (Lipinski definition) is 3. The average molecular weight is 589 g/mol. The van der Waals surface area contributed by atoms with Crippen LogP contribution in [0.1, 0.15) is 45.1 Å². The van der Waals surface area contributed by atoms with E-state index in [1.165, 1.54) is 54.9 Å². The van der Waals surface area contributed by atoms with Gasteiger partial charge in [0.25, 0.3) is 5.91 Å². The molecule has 0 spiro atoms. The molecule has 4 N–H and O–H groups in total. The number of amides is 2. The Morgan fingerprint density at radius 1 is 1.10 bits per heavy atom. The van der Waals surface area contributed by atoms with Gasteiger partial charge in [-0.15, -0.1) is 0 Å². The minimum Gasteiger partial charge on any atom is -0.459 e. The van der Waals surface area contributed by atoms with Crippen LogP contribution < -0.4 is 16.4 Å². The van der Waals surface area contributed by atoms with E-state index >= 15 is 0 Å². The molecule has 0 radical (unpaired) electrons. The van der Waals surface area contributed by atoms with Crippen molar-refractivity contribution in [2.24, 2.45) is 0 Å². The summed E-state index contributed by atoms with van der Waals surface area (Å²) in [7, 11) is 0. The molecule has 5 rings (SSSR count). The van der Waals surface area contributed by atoms with Gasteiger partial charge in [0.05, 0.1) is 17.7 Å². The van der Waals surface area contributed by atoms with E-state index in [1.807, 2.05) is 5.32 Å². The average Bonchev–Trinajstić information content (AvgIpc) is 3.53. The first kappa shape index (κ1) is 28.6. The maximum absolute atomic E-state index is 14.2. The van der Waals surface area contributed by atoms with E-state index in [-0.39, 0.29) is 28.8 Å². The van der Waals surface area contributed by atoms with Crippen LogP contribution in [-0.2, 0) is 17.5 Å². The molecule has 1 saturated carbocycles. The van der Waals surface area contributed by atoms with Gasteiger partial charge in [-0.2, -0.15) is 26.3 Å². The Bertz CT molecular complexity index is 1670. The van der Waals surface area contributed by atoms with Crippen molar-refractivity contribution in [1.82, 2.24) is 20.6 Å². The second kappa shape index (κ2) is 10.5. The van der Waals surface area contributed by atoms with Gasteiger partial charge < -0.3 is 20.8 Å². The van der Waals surface area contributed by atoms with Gasteiger partial charge in [-0.1, -0.05) is 0 Å². The lowest BCUT2D eigenvalue weighted by Gasteiger charge is -2.23. The van der Waals surface area contributed by atoms with Crippen LogP contribution in [0.2, 0.25) is 0 Å². The topological polar surface area (TPSA) is 123 Å². The highest BCUT2D eigenvalue weighted by atomic mass is 19.4. The van der Waals surface area contributed by atoms with Crippen molar-refractivity contribution in [3.8, 4) is 0 Å². The standard InChI is InChI=1S/C28H21F6N5O3/c29-27(30,31)20-10-17(21-11-26(21,28(32,33)34)39-25(41)16-2-1-7-36-13-16)8-18-9-19(42-24(18)20)14-38-23(40)6-4-15-3-5-22(35)37-12-15/h1-10,12-13,21H,11,14H2,(H2,35,37)(H,38,40)(H,39,41)/b6-4+. The molecule has 1 aromatic carbocycles. The van der Waals surface area contributed by atoms with Crippen LogP contribution in [0.3, 0.4) is 0 Å². The molecule has 1 aliphatic rings. The van der Waals surface area contributed by atoms with Crippen molar-refractivity contribution in [3.63, 3.8) is 0 Å². The number of nitrogens with two attached hydrogens (primary N) is 1. The minimum absolute atomic E-state index is 0.0497. The van der Waals surface area contributed by atoms with Crippen LogP contribution in [0.4, 0.5) is 32.2 Å². The number of furan rings is 1. The molecule has 218 valence electrons. The van der Waals surface area contributed by atoms with Crippen LogP contribution in [0.5, 0.6) is 0 Å². The van der Waals surface area contributed by atoms with E-state index in [2.05, 4.69) is 15.3 Å². The van der Waals surface area contributed by atoms with E-state index in [0.717, 1.165) is 6.20 Å². The molecule has 0 aliphatic heterocycles. The lowest BCUT2D eigenvalue weighted by molar-refractivity contribution is -0.164. The molecule has 14 heteroatoms. The van der Waals surface area contributed by atoms with Crippen molar-refractivity contribution in [3.05, 3.63) is 95.1 Å². The predicted octanol–water partition coefficient (Wildman–Crippen LogP) is 5.37. The third-order valence-corrected chi connectivity index (χ3v) is 6.80. The molecule has 1 aliphatic carbocycles. The number of alkyl halides is 6. The molecule has 3 aromatic heterocycles. The number of nitrogens with one attached hydrogen (secondary N) is 2. The zero-order chi connectivity index (χ0) is 30.3. The first-order valence-electron chi connectivity index (χ1n) is 12.4. The molecular weight excluding hydrogens is 568 g/mol. The SMILES string of the molecule is Nc1ccc(/C=C/C(=O)NCc2cc3cc(C4CC4(NC(=O)c4cccnc4)C(F)(F)F)cc(C(F)(F)F)c3o2)cn1. The van der Waals surface area contributed by atoms with E-state index < -0.39 is 53.2 Å². The number of aromatic nitrogens is 2. The van der Waals surface area contributed by atoms with Crippen molar-refractivity contribution in [2.75, 3.05) is 5.73 Å². The molecule has 2 unspecified atom stereocenters. The molecule has 2 atom stereocenters. The Morgan fingerprint density at radius 3 is 2.52 bits per heavy atom. The summed E-state index contributed by atoms with van der Waals surface area (Å²) < 4.78 is 90.0. The minimum atomic E-state index is -4.96. The third kappa shape index (κ3) is 5.78. The summed E-state index contributed by atoms with van der Waals surface area (Å²) in [5.41, 5.74) is 1.07. The first-order valence-corrected chi connectivity index (χ1v) is 12.4. The monoisotopic (exact) mass is 589 g/mol. The molecule has 8 nitrogen and oxygen atoms in total. The summed E-state index contributed by atoms with van der Waals surface area (Å²) in [6, 6.07) is 8.79. The summed E-state index contributed by atoms with van der Waals surface area (Å²) in [4.78, 5) is 32.3. The number of fused-ring (bicyclic) bond motifs is 1. The molecule has 0 bridgehead atoms. The second-order valence-corrected chi connectivity index (χ2v) is 9.69. The number of carbonyl (C=O) groups is 2. The Balaban J connectivity index is 1.39. The zero-order valence-electron chi connectivity index (χ0n) is 21.4. The van der Waals surface area contributed by atoms with Gasteiger partial charge in [-0.05, 0) is 66.1 Å². The van der Waals surface area contributed by atoms with Gasteiger partial charge >= 0.3 is 12.4 Å². The van der Waals surface area contributed by atoms with E-state index in [0.29, 0.717) is 17.4 Å². The van der Waals surface area contributed by atoms with E-state index in [9.17, 15) is 35.9 Å². The fraction of sp³-hybridized carbons (Fsp3) is 0.214. The summed E-state index contributed by atoms with van der Waals surface area (Å²) in [6.45, 7) is -0.290. The number of hydrogen-bond acceptors (Lipinski definition) is 6. The van der Waals surface area contributed by atoms with E-state index in [4.69, 9.17) is 10.2 Å². The van der Waals surface area contributed by atoms with Crippen molar-refractivity contribution < 1.29 is 40.3 Å². The van der Waals surface area contributed by atoms with Crippen molar-refractivity contribution in [1.29, 1.82) is 0 Å².